The van der Waals surface area contributed by atoms with Gasteiger partial charge in [-0.05, 0) is 33.3 Å². The number of morpholine rings is 1. The normalized spacial score (nSPS) is 29.1. The maximum Gasteiger partial charge on any atom is 0.0754 e. The van der Waals surface area contributed by atoms with Gasteiger partial charge in [0.1, 0.15) is 0 Å². The lowest BCUT2D eigenvalue weighted by molar-refractivity contribution is -0.179. The van der Waals surface area contributed by atoms with Gasteiger partial charge in [-0.25, -0.2) is 0 Å². The smallest absolute Gasteiger partial charge is 0.0754 e. The lowest BCUT2D eigenvalue weighted by Crippen LogP contribution is -2.64. The van der Waals surface area contributed by atoms with Crippen molar-refractivity contribution in [2.24, 2.45) is 0 Å². The number of aliphatic hydroxyl groups excluding tert-OH is 1. The zero-order valence-corrected chi connectivity index (χ0v) is 12.4. The molecule has 0 saturated carbocycles. The molecule has 1 aromatic rings. The monoisotopic (exact) mass is 263 g/mol. The molecule has 2 unspecified atom stereocenters. The van der Waals surface area contributed by atoms with Crippen LogP contribution < -0.4 is 0 Å². The fraction of sp³-hybridized carbons (Fsp3) is 0.625. The van der Waals surface area contributed by atoms with E-state index in [-0.39, 0.29) is 11.1 Å². The summed E-state index contributed by atoms with van der Waals surface area (Å²) in [7, 11) is 0. The van der Waals surface area contributed by atoms with Crippen molar-refractivity contribution < 1.29 is 9.84 Å². The number of rotatable bonds is 3. The Morgan fingerprint density at radius 3 is 2.47 bits per heavy atom. The number of aliphatic hydroxyl groups is 1. The summed E-state index contributed by atoms with van der Waals surface area (Å²) in [5, 5.41) is 10.1. The van der Waals surface area contributed by atoms with Crippen molar-refractivity contribution in [2.75, 3.05) is 13.2 Å². The molecular formula is C16H25NO2. The quantitative estimate of drug-likeness (QED) is 0.909. The van der Waals surface area contributed by atoms with Gasteiger partial charge in [-0.2, -0.15) is 0 Å². The first-order valence-corrected chi connectivity index (χ1v) is 6.94. The largest absolute Gasteiger partial charge is 0.391 e. The molecule has 1 aliphatic rings. The van der Waals surface area contributed by atoms with Crippen molar-refractivity contribution >= 4 is 0 Å². The van der Waals surface area contributed by atoms with Crippen LogP contribution in [0, 0.1) is 0 Å². The Balaban J connectivity index is 2.21. The van der Waals surface area contributed by atoms with E-state index in [0.717, 1.165) is 13.1 Å². The van der Waals surface area contributed by atoms with Crippen molar-refractivity contribution in [3.63, 3.8) is 0 Å². The van der Waals surface area contributed by atoms with Crippen LogP contribution in [0.3, 0.4) is 0 Å². The van der Waals surface area contributed by atoms with Gasteiger partial charge in [0.2, 0.25) is 0 Å². The highest BCUT2D eigenvalue weighted by Crippen LogP contribution is 2.32. The highest BCUT2D eigenvalue weighted by molar-refractivity contribution is 5.15. The van der Waals surface area contributed by atoms with E-state index in [1.807, 2.05) is 13.0 Å². The van der Waals surface area contributed by atoms with Gasteiger partial charge in [-0.3, -0.25) is 4.90 Å². The number of ether oxygens (including phenoxy) is 1. The van der Waals surface area contributed by atoms with Gasteiger partial charge < -0.3 is 9.84 Å². The summed E-state index contributed by atoms with van der Waals surface area (Å²) in [6.45, 7) is 10.4. The van der Waals surface area contributed by atoms with E-state index < -0.39 is 6.10 Å². The van der Waals surface area contributed by atoms with E-state index in [2.05, 4.69) is 49.9 Å². The fourth-order valence-electron chi connectivity index (χ4n) is 2.54. The second-order valence-electron chi connectivity index (χ2n) is 6.42. The minimum Gasteiger partial charge on any atom is -0.391 e. The summed E-state index contributed by atoms with van der Waals surface area (Å²) in [6.07, 6.45) is -0.424. The molecule has 2 atom stereocenters. The molecule has 0 spiro atoms. The van der Waals surface area contributed by atoms with Gasteiger partial charge in [-0.15, -0.1) is 0 Å². The van der Waals surface area contributed by atoms with Gasteiger partial charge in [0.05, 0.1) is 23.9 Å². The molecule has 0 aromatic heterocycles. The van der Waals surface area contributed by atoms with Crippen molar-refractivity contribution in [1.29, 1.82) is 0 Å². The Bertz CT molecular complexity index is 416. The van der Waals surface area contributed by atoms with E-state index >= 15 is 0 Å². The molecule has 1 saturated heterocycles. The molecule has 1 aromatic carbocycles. The molecule has 0 aliphatic carbocycles. The highest BCUT2D eigenvalue weighted by atomic mass is 16.5. The fourth-order valence-corrected chi connectivity index (χ4v) is 2.54. The SMILES string of the molecule is CC(O)C1(C)COC(C)(C)CN1Cc1ccccc1. The molecule has 3 nitrogen and oxygen atoms in total. The summed E-state index contributed by atoms with van der Waals surface area (Å²) in [5.74, 6) is 0. The van der Waals surface area contributed by atoms with Crippen molar-refractivity contribution in [2.45, 2.75) is 51.5 Å². The Morgan fingerprint density at radius 1 is 1.26 bits per heavy atom. The summed E-state index contributed by atoms with van der Waals surface area (Å²) in [4.78, 5) is 2.34. The minimum absolute atomic E-state index is 0.164. The number of hydrogen-bond donors (Lipinski definition) is 1. The Kier molecular flexibility index (Phi) is 4.00. The van der Waals surface area contributed by atoms with Crippen LogP contribution in [0.15, 0.2) is 30.3 Å². The summed E-state index contributed by atoms with van der Waals surface area (Å²) in [5.41, 5.74) is 0.779. The summed E-state index contributed by atoms with van der Waals surface area (Å²) < 4.78 is 5.91. The van der Waals surface area contributed by atoms with E-state index in [1.165, 1.54) is 5.56 Å². The molecule has 0 amide bonds. The molecule has 1 aliphatic heterocycles. The maximum atomic E-state index is 10.1. The average molecular weight is 263 g/mol. The molecule has 19 heavy (non-hydrogen) atoms. The van der Waals surface area contributed by atoms with Gasteiger partial charge in [0, 0.05) is 13.1 Å². The van der Waals surface area contributed by atoms with E-state index in [0.29, 0.717) is 6.61 Å². The summed E-state index contributed by atoms with van der Waals surface area (Å²) >= 11 is 0. The number of benzene rings is 1. The van der Waals surface area contributed by atoms with E-state index in [9.17, 15) is 5.11 Å². The van der Waals surface area contributed by atoms with Gasteiger partial charge in [0.15, 0.2) is 0 Å². The predicted octanol–water partition coefficient (Wildman–Crippen LogP) is 2.44. The van der Waals surface area contributed by atoms with Crippen molar-refractivity contribution in [3.05, 3.63) is 35.9 Å². The molecule has 1 N–H and O–H groups in total. The molecule has 2 rings (SSSR count). The van der Waals surface area contributed by atoms with Gasteiger partial charge in [0.25, 0.3) is 0 Å². The Hall–Kier alpha value is -0.900. The van der Waals surface area contributed by atoms with Crippen LogP contribution in [0.2, 0.25) is 0 Å². The zero-order chi connectivity index (χ0) is 14.1. The van der Waals surface area contributed by atoms with Gasteiger partial charge >= 0.3 is 0 Å². The second kappa shape index (κ2) is 5.23. The van der Waals surface area contributed by atoms with Crippen LogP contribution in [-0.2, 0) is 11.3 Å². The molecule has 1 fully saturated rings. The number of nitrogens with zero attached hydrogens (tertiary/aromatic N) is 1. The van der Waals surface area contributed by atoms with Crippen molar-refractivity contribution in [1.82, 2.24) is 4.90 Å². The van der Waals surface area contributed by atoms with Gasteiger partial charge in [-0.1, -0.05) is 30.3 Å². The van der Waals surface area contributed by atoms with Crippen LogP contribution in [0.25, 0.3) is 0 Å². The maximum absolute atomic E-state index is 10.1. The van der Waals surface area contributed by atoms with Crippen LogP contribution in [0.5, 0.6) is 0 Å². The molecule has 0 radical (unpaired) electrons. The van der Waals surface area contributed by atoms with Crippen molar-refractivity contribution in [3.8, 4) is 0 Å². The molecular weight excluding hydrogens is 238 g/mol. The minimum atomic E-state index is -0.424. The standard InChI is InChI=1S/C16H25NO2/c1-13(18)16(4)12-19-15(2,3)11-17(16)10-14-8-6-5-7-9-14/h5-9,13,18H,10-12H2,1-4H3. The molecule has 1 heterocycles. The molecule has 3 heteroatoms. The van der Waals surface area contributed by atoms with E-state index in [1.54, 1.807) is 0 Å². The topological polar surface area (TPSA) is 32.7 Å². The molecule has 106 valence electrons. The van der Waals surface area contributed by atoms with Crippen LogP contribution in [0.1, 0.15) is 33.3 Å². The zero-order valence-electron chi connectivity index (χ0n) is 12.4. The average Bonchev–Trinajstić information content (AvgIpc) is 2.35. The third-order valence-corrected chi connectivity index (χ3v) is 4.17. The van der Waals surface area contributed by atoms with Crippen LogP contribution in [0.4, 0.5) is 0 Å². The Labute approximate surface area is 116 Å². The third kappa shape index (κ3) is 3.16. The summed E-state index contributed by atoms with van der Waals surface area (Å²) in [6, 6.07) is 10.4. The lowest BCUT2D eigenvalue weighted by Gasteiger charge is -2.51. The highest BCUT2D eigenvalue weighted by Gasteiger charge is 2.44. The van der Waals surface area contributed by atoms with E-state index in [4.69, 9.17) is 4.74 Å². The first kappa shape index (κ1) is 14.5. The predicted molar refractivity (Wildman–Crippen MR) is 77.0 cm³/mol. The number of hydrogen-bond acceptors (Lipinski definition) is 3. The second-order valence-corrected chi connectivity index (χ2v) is 6.42. The van der Waals surface area contributed by atoms with Crippen LogP contribution in [-0.4, -0.2) is 40.4 Å². The third-order valence-electron chi connectivity index (χ3n) is 4.17. The first-order valence-electron chi connectivity index (χ1n) is 6.94. The molecule has 0 bridgehead atoms. The Morgan fingerprint density at radius 2 is 1.89 bits per heavy atom. The first-order chi connectivity index (χ1) is 8.83. The van der Waals surface area contributed by atoms with Crippen LogP contribution >= 0.6 is 0 Å². The lowest BCUT2D eigenvalue weighted by atomic mass is 9.89.